The smallest absolute Gasteiger partial charge is 0.326 e. The number of hydrogen-bond donors (Lipinski definition) is 2. The fourth-order valence-corrected chi connectivity index (χ4v) is 2.84. The first-order valence-electron chi connectivity index (χ1n) is 9.58. The second-order valence-electron chi connectivity index (χ2n) is 9.11. The number of nitrogens with one attached hydrogen (secondary N) is 1. The molecule has 2 rings (SSSR count). The zero-order valence-corrected chi connectivity index (χ0v) is 17.9. The number of aliphatic carboxylic acids is 1. The van der Waals surface area contributed by atoms with Crippen LogP contribution < -0.4 is 10.1 Å². The third-order valence-electron chi connectivity index (χ3n) is 4.26. The van der Waals surface area contributed by atoms with Gasteiger partial charge in [0.05, 0.1) is 5.56 Å². The van der Waals surface area contributed by atoms with Crippen LogP contribution in [-0.2, 0) is 4.79 Å². The summed E-state index contributed by atoms with van der Waals surface area (Å²) in [6.45, 7) is 11.5. The van der Waals surface area contributed by atoms with E-state index in [0.717, 1.165) is 10.8 Å². The number of carbonyl (C=O) groups is 2. The SMILES string of the molecule is CC(C)(C)C#CCOc1c(C(=O)N[C@H](C(=O)O)C(C)(C)C)ccc2ccccc12. The van der Waals surface area contributed by atoms with Crippen molar-refractivity contribution < 1.29 is 19.4 Å². The molecule has 0 saturated heterocycles. The van der Waals surface area contributed by atoms with Crippen LogP contribution in [0.2, 0.25) is 0 Å². The van der Waals surface area contributed by atoms with Crippen LogP contribution in [0.1, 0.15) is 51.9 Å². The average Bonchev–Trinajstić information content (AvgIpc) is 2.60. The molecule has 2 N–H and O–H groups in total. The van der Waals surface area contributed by atoms with Crippen LogP contribution in [0.3, 0.4) is 0 Å². The normalized spacial score (nSPS) is 12.6. The van der Waals surface area contributed by atoms with Gasteiger partial charge in [0, 0.05) is 10.8 Å². The van der Waals surface area contributed by atoms with Crippen LogP contribution in [0.4, 0.5) is 0 Å². The molecule has 0 saturated carbocycles. The number of benzene rings is 2. The Bertz CT molecular complexity index is 968. The fourth-order valence-electron chi connectivity index (χ4n) is 2.84. The van der Waals surface area contributed by atoms with Crippen molar-refractivity contribution in [2.45, 2.75) is 47.6 Å². The number of carboxylic acids is 1. The van der Waals surface area contributed by atoms with Crippen molar-refractivity contribution in [2.75, 3.05) is 6.61 Å². The molecule has 154 valence electrons. The van der Waals surface area contributed by atoms with Crippen molar-refractivity contribution in [3.05, 3.63) is 42.0 Å². The van der Waals surface area contributed by atoms with Gasteiger partial charge in [0.2, 0.25) is 0 Å². The molecule has 1 amide bonds. The largest absolute Gasteiger partial charge is 0.480 e. The van der Waals surface area contributed by atoms with E-state index in [1.165, 1.54) is 0 Å². The van der Waals surface area contributed by atoms with E-state index < -0.39 is 23.3 Å². The molecule has 0 radical (unpaired) electrons. The van der Waals surface area contributed by atoms with Gasteiger partial charge in [-0.2, -0.15) is 0 Å². The van der Waals surface area contributed by atoms with Gasteiger partial charge in [0.1, 0.15) is 18.4 Å². The molecule has 0 aliphatic rings. The van der Waals surface area contributed by atoms with E-state index in [1.807, 2.05) is 51.1 Å². The van der Waals surface area contributed by atoms with E-state index in [9.17, 15) is 14.7 Å². The molecule has 0 spiro atoms. The summed E-state index contributed by atoms with van der Waals surface area (Å²) in [6.07, 6.45) is 0. The van der Waals surface area contributed by atoms with Gasteiger partial charge in [0.25, 0.3) is 5.91 Å². The Hall–Kier alpha value is -3.00. The predicted molar refractivity (Wildman–Crippen MR) is 115 cm³/mol. The van der Waals surface area contributed by atoms with Crippen molar-refractivity contribution >= 4 is 22.6 Å². The molecule has 0 aliphatic carbocycles. The predicted octanol–water partition coefficient (Wildman–Crippen LogP) is 4.50. The number of hydrogen-bond acceptors (Lipinski definition) is 3. The maximum absolute atomic E-state index is 13.0. The summed E-state index contributed by atoms with van der Waals surface area (Å²) in [4.78, 5) is 24.6. The van der Waals surface area contributed by atoms with Crippen molar-refractivity contribution in [3.63, 3.8) is 0 Å². The maximum Gasteiger partial charge on any atom is 0.326 e. The Kier molecular flexibility index (Phi) is 6.58. The van der Waals surface area contributed by atoms with Gasteiger partial charge in [-0.3, -0.25) is 4.79 Å². The Labute approximate surface area is 172 Å². The summed E-state index contributed by atoms with van der Waals surface area (Å²) >= 11 is 0. The standard InChI is InChI=1S/C24H29NO4/c1-23(2,3)14-9-15-29-19-17-11-8-7-10-16(17)12-13-18(19)21(26)25-20(22(27)28)24(4,5)6/h7-8,10-13,20H,15H2,1-6H3,(H,25,26)(H,27,28)/t20-/m1/s1. The van der Waals surface area contributed by atoms with Crippen LogP contribution in [0.15, 0.2) is 36.4 Å². The molecule has 0 aromatic heterocycles. The molecule has 0 aliphatic heterocycles. The van der Waals surface area contributed by atoms with Gasteiger partial charge >= 0.3 is 5.97 Å². The second kappa shape index (κ2) is 8.57. The number of rotatable bonds is 5. The third kappa shape index (κ3) is 5.99. The summed E-state index contributed by atoms with van der Waals surface area (Å²) in [5.41, 5.74) is -0.502. The van der Waals surface area contributed by atoms with Crippen molar-refractivity contribution in [3.8, 4) is 17.6 Å². The van der Waals surface area contributed by atoms with Crippen LogP contribution >= 0.6 is 0 Å². The molecular formula is C24H29NO4. The van der Waals surface area contributed by atoms with Gasteiger partial charge in [0.15, 0.2) is 0 Å². The van der Waals surface area contributed by atoms with Crippen molar-refractivity contribution in [2.24, 2.45) is 10.8 Å². The lowest BCUT2D eigenvalue weighted by molar-refractivity contribution is -0.142. The molecule has 0 bridgehead atoms. The fraction of sp³-hybridized carbons (Fsp3) is 0.417. The van der Waals surface area contributed by atoms with Crippen LogP contribution in [0.25, 0.3) is 10.8 Å². The summed E-state index contributed by atoms with van der Waals surface area (Å²) in [7, 11) is 0. The Morgan fingerprint density at radius 1 is 1.07 bits per heavy atom. The van der Waals surface area contributed by atoms with Crippen LogP contribution in [0, 0.1) is 22.7 Å². The lowest BCUT2D eigenvalue weighted by Crippen LogP contribution is -2.49. The summed E-state index contributed by atoms with van der Waals surface area (Å²) in [5, 5.41) is 13.9. The van der Waals surface area contributed by atoms with Gasteiger partial charge in [-0.15, -0.1) is 0 Å². The van der Waals surface area contributed by atoms with E-state index in [1.54, 1.807) is 26.8 Å². The molecule has 2 aromatic carbocycles. The molecule has 0 heterocycles. The first kappa shape index (κ1) is 22.3. The lowest BCUT2D eigenvalue weighted by atomic mass is 9.86. The van der Waals surface area contributed by atoms with E-state index >= 15 is 0 Å². The molecule has 0 fully saturated rings. The van der Waals surface area contributed by atoms with Crippen LogP contribution in [0.5, 0.6) is 5.75 Å². The molecule has 5 nitrogen and oxygen atoms in total. The Morgan fingerprint density at radius 2 is 1.72 bits per heavy atom. The van der Waals surface area contributed by atoms with Gasteiger partial charge in [-0.05, 0) is 37.6 Å². The topological polar surface area (TPSA) is 75.6 Å². The zero-order valence-electron chi connectivity index (χ0n) is 17.9. The Morgan fingerprint density at radius 3 is 2.31 bits per heavy atom. The number of carbonyl (C=O) groups excluding carboxylic acids is 1. The first-order valence-corrected chi connectivity index (χ1v) is 9.58. The minimum absolute atomic E-state index is 0.132. The van der Waals surface area contributed by atoms with Crippen LogP contribution in [-0.4, -0.2) is 29.6 Å². The Balaban J connectivity index is 2.42. The molecule has 1 atom stereocenters. The zero-order chi connectivity index (χ0) is 21.8. The highest BCUT2D eigenvalue weighted by Gasteiger charge is 2.33. The maximum atomic E-state index is 13.0. The first-order chi connectivity index (χ1) is 13.4. The lowest BCUT2D eigenvalue weighted by Gasteiger charge is -2.28. The third-order valence-corrected chi connectivity index (χ3v) is 4.26. The summed E-state index contributed by atoms with van der Waals surface area (Å²) < 4.78 is 5.91. The quantitative estimate of drug-likeness (QED) is 0.731. The highest BCUT2D eigenvalue weighted by atomic mass is 16.5. The van der Waals surface area contributed by atoms with E-state index in [2.05, 4.69) is 17.2 Å². The van der Waals surface area contributed by atoms with E-state index in [0.29, 0.717) is 5.75 Å². The van der Waals surface area contributed by atoms with Gasteiger partial charge in [-0.1, -0.05) is 62.9 Å². The highest BCUT2D eigenvalue weighted by Crippen LogP contribution is 2.30. The molecule has 5 heteroatoms. The number of amides is 1. The van der Waals surface area contributed by atoms with E-state index in [-0.39, 0.29) is 17.6 Å². The van der Waals surface area contributed by atoms with E-state index in [4.69, 9.17) is 4.74 Å². The second-order valence-corrected chi connectivity index (χ2v) is 9.11. The van der Waals surface area contributed by atoms with Crippen molar-refractivity contribution in [1.82, 2.24) is 5.32 Å². The molecular weight excluding hydrogens is 366 g/mol. The molecule has 2 aromatic rings. The molecule has 29 heavy (non-hydrogen) atoms. The minimum atomic E-state index is -1.08. The van der Waals surface area contributed by atoms with Gasteiger partial charge < -0.3 is 15.2 Å². The van der Waals surface area contributed by atoms with Gasteiger partial charge in [-0.25, -0.2) is 4.79 Å². The summed E-state index contributed by atoms with van der Waals surface area (Å²) in [5.74, 6) is 4.93. The number of fused-ring (bicyclic) bond motifs is 1. The van der Waals surface area contributed by atoms with Crippen molar-refractivity contribution in [1.29, 1.82) is 0 Å². The monoisotopic (exact) mass is 395 g/mol. The highest BCUT2D eigenvalue weighted by molar-refractivity contribution is 6.05. The minimum Gasteiger partial charge on any atom is -0.480 e. The molecule has 0 unspecified atom stereocenters. The number of carboxylic acid groups (broad SMARTS) is 1. The number of ether oxygens (including phenoxy) is 1. The average molecular weight is 395 g/mol. The summed E-state index contributed by atoms with van der Waals surface area (Å²) in [6, 6.07) is 10.0.